The van der Waals surface area contributed by atoms with Gasteiger partial charge in [0.15, 0.2) is 0 Å². The third kappa shape index (κ3) is 2.98. The van der Waals surface area contributed by atoms with Gasteiger partial charge in [0.05, 0.1) is 5.69 Å². The van der Waals surface area contributed by atoms with Crippen LogP contribution in [-0.2, 0) is 6.54 Å². The van der Waals surface area contributed by atoms with E-state index in [2.05, 4.69) is 22.1 Å². The van der Waals surface area contributed by atoms with Gasteiger partial charge in [-0.3, -0.25) is 0 Å². The second kappa shape index (κ2) is 5.89. The summed E-state index contributed by atoms with van der Waals surface area (Å²) in [6, 6.07) is 0.801. The highest BCUT2D eigenvalue weighted by Gasteiger charge is 2.14. The van der Waals surface area contributed by atoms with E-state index in [1.54, 1.807) is 6.26 Å². The van der Waals surface area contributed by atoms with Crippen molar-refractivity contribution in [3.8, 4) is 0 Å². The van der Waals surface area contributed by atoms with E-state index in [9.17, 15) is 0 Å². The molecule has 0 atom stereocenters. The maximum absolute atomic E-state index is 5.53. The van der Waals surface area contributed by atoms with E-state index in [0.717, 1.165) is 37.9 Å². The molecule has 0 unspecified atom stereocenters. The normalized spacial score (nSPS) is 17.4. The first-order valence-corrected chi connectivity index (χ1v) is 6.30. The van der Waals surface area contributed by atoms with Crippen molar-refractivity contribution in [3.05, 3.63) is 12.0 Å². The van der Waals surface area contributed by atoms with E-state index in [1.807, 2.05) is 0 Å². The number of oxazole rings is 1. The molecule has 4 nitrogen and oxygen atoms in total. The second-order valence-corrected chi connectivity index (χ2v) is 4.30. The summed E-state index contributed by atoms with van der Waals surface area (Å²) in [7, 11) is 0. The van der Waals surface area contributed by atoms with E-state index >= 15 is 0 Å². The van der Waals surface area contributed by atoms with Crippen LogP contribution >= 0.6 is 0 Å². The van der Waals surface area contributed by atoms with E-state index < -0.39 is 0 Å². The molecule has 0 amide bonds. The molecule has 90 valence electrons. The molecule has 4 heteroatoms. The summed E-state index contributed by atoms with van der Waals surface area (Å²) in [5, 5.41) is 3.25. The Morgan fingerprint density at radius 1 is 1.31 bits per heavy atom. The van der Waals surface area contributed by atoms with Crippen molar-refractivity contribution in [2.45, 2.75) is 39.2 Å². The largest absolute Gasteiger partial charge is 0.432 e. The third-order valence-corrected chi connectivity index (χ3v) is 2.97. The number of aromatic nitrogens is 1. The van der Waals surface area contributed by atoms with Gasteiger partial charge in [-0.15, -0.1) is 0 Å². The van der Waals surface area contributed by atoms with Crippen LogP contribution in [0.5, 0.6) is 0 Å². The van der Waals surface area contributed by atoms with Crippen molar-refractivity contribution < 1.29 is 4.42 Å². The summed E-state index contributed by atoms with van der Waals surface area (Å²) >= 11 is 0. The van der Waals surface area contributed by atoms with E-state index in [4.69, 9.17) is 4.42 Å². The monoisotopic (exact) mass is 223 g/mol. The molecule has 2 heterocycles. The third-order valence-electron chi connectivity index (χ3n) is 2.97. The SMILES string of the molecule is CCNCc1coc(N2CCCCCC2)n1. The standard InChI is InChI=1S/C12H21N3O/c1-2-13-9-11-10-16-12(14-11)15-7-5-3-4-6-8-15/h10,13H,2-9H2,1H3. The highest BCUT2D eigenvalue weighted by Crippen LogP contribution is 2.18. The molecule has 0 aromatic carbocycles. The van der Waals surface area contributed by atoms with Gasteiger partial charge in [-0.05, 0) is 19.4 Å². The predicted octanol–water partition coefficient (Wildman–Crippen LogP) is 2.16. The summed E-state index contributed by atoms with van der Waals surface area (Å²) in [5.74, 6) is 0. The van der Waals surface area contributed by atoms with Crippen LogP contribution < -0.4 is 10.2 Å². The Morgan fingerprint density at radius 2 is 2.06 bits per heavy atom. The molecule has 0 aliphatic carbocycles. The van der Waals surface area contributed by atoms with Crippen LogP contribution in [0.25, 0.3) is 0 Å². The van der Waals surface area contributed by atoms with Gasteiger partial charge in [-0.1, -0.05) is 19.8 Å². The summed E-state index contributed by atoms with van der Waals surface area (Å²) in [6.45, 7) is 6.03. The molecule has 1 aliphatic rings. The Morgan fingerprint density at radius 3 is 2.75 bits per heavy atom. The van der Waals surface area contributed by atoms with E-state index in [-0.39, 0.29) is 0 Å². The van der Waals surface area contributed by atoms with Crippen LogP contribution in [-0.4, -0.2) is 24.6 Å². The fourth-order valence-corrected chi connectivity index (χ4v) is 2.04. The van der Waals surface area contributed by atoms with Gasteiger partial charge < -0.3 is 14.6 Å². The number of anilines is 1. The van der Waals surface area contributed by atoms with Crippen LogP contribution in [0.1, 0.15) is 38.3 Å². The first-order valence-electron chi connectivity index (χ1n) is 6.30. The summed E-state index contributed by atoms with van der Waals surface area (Å²) in [5.41, 5.74) is 1.00. The highest BCUT2D eigenvalue weighted by molar-refractivity contribution is 5.26. The minimum atomic E-state index is 0.799. The number of hydrogen-bond donors (Lipinski definition) is 1. The highest BCUT2D eigenvalue weighted by atomic mass is 16.4. The lowest BCUT2D eigenvalue weighted by atomic mass is 10.2. The molecule has 0 spiro atoms. The summed E-state index contributed by atoms with van der Waals surface area (Å²) < 4.78 is 5.53. The molecule has 1 N–H and O–H groups in total. The zero-order valence-electron chi connectivity index (χ0n) is 10.0. The molecule has 0 saturated carbocycles. The van der Waals surface area contributed by atoms with Gasteiger partial charge in [-0.25, -0.2) is 0 Å². The predicted molar refractivity (Wildman–Crippen MR) is 64.6 cm³/mol. The first kappa shape index (κ1) is 11.5. The molecule has 1 aromatic heterocycles. The van der Waals surface area contributed by atoms with Gasteiger partial charge in [0, 0.05) is 19.6 Å². The van der Waals surface area contributed by atoms with Crippen molar-refractivity contribution in [3.63, 3.8) is 0 Å². The lowest BCUT2D eigenvalue weighted by Crippen LogP contribution is -2.24. The Labute approximate surface area is 97.0 Å². The average molecular weight is 223 g/mol. The lowest BCUT2D eigenvalue weighted by Gasteiger charge is -2.16. The molecule has 1 fully saturated rings. The molecule has 0 bridgehead atoms. The minimum Gasteiger partial charge on any atom is -0.432 e. The van der Waals surface area contributed by atoms with Crippen molar-refractivity contribution >= 4 is 6.01 Å². The number of rotatable bonds is 4. The Kier molecular flexibility index (Phi) is 4.22. The first-order chi connectivity index (χ1) is 7.90. The van der Waals surface area contributed by atoms with E-state index in [0.29, 0.717) is 0 Å². The van der Waals surface area contributed by atoms with Crippen LogP contribution in [0.3, 0.4) is 0 Å². The molecule has 1 saturated heterocycles. The molecule has 16 heavy (non-hydrogen) atoms. The van der Waals surface area contributed by atoms with Crippen molar-refractivity contribution in [2.24, 2.45) is 0 Å². The number of nitrogens with one attached hydrogen (secondary N) is 1. The van der Waals surface area contributed by atoms with Gasteiger partial charge in [0.1, 0.15) is 6.26 Å². The maximum Gasteiger partial charge on any atom is 0.297 e. The molecule has 1 aromatic rings. The van der Waals surface area contributed by atoms with Crippen LogP contribution in [0.15, 0.2) is 10.7 Å². The zero-order chi connectivity index (χ0) is 11.2. The number of hydrogen-bond acceptors (Lipinski definition) is 4. The molecule has 0 radical (unpaired) electrons. The topological polar surface area (TPSA) is 41.3 Å². The molecule has 1 aliphatic heterocycles. The van der Waals surface area contributed by atoms with Crippen molar-refractivity contribution in [1.82, 2.24) is 10.3 Å². The molecule has 2 rings (SSSR count). The fourth-order valence-electron chi connectivity index (χ4n) is 2.04. The fraction of sp³-hybridized carbons (Fsp3) is 0.750. The average Bonchev–Trinajstić information content (AvgIpc) is 2.60. The second-order valence-electron chi connectivity index (χ2n) is 4.30. The Bertz CT molecular complexity index is 303. The zero-order valence-corrected chi connectivity index (χ0v) is 10.0. The van der Waals surface area contributed by atoms with Crippen LogP contribution in [0.4, 0.5) is 6.01 Å². The van der Waals surface area contributed by atoms with Gasteiger partial charge >= 0.3 is 0 Å². The molecular weight excluding hydrogens is 202 g/mol. The van der Waals surface area contributed by atoms with E-state index in [1.165, 1.54) is 25.7 Å². The van der Waals surface area contributed by atoms with Gasteiger partial charge in [0.2, 0.25) is 0 Å². The minimum absolute atomic E-state index is 0.799. The lowest BCUT2D eigenvalue weighted by molar-refractivity contribution is 0.532. The quantitative estimate of drug-likeness (QED) is 0.849. The van der Waals surface area contributed by atoms with Crippen LogP contribution in [0.2, 0.25) is 0 Å². The van der Waals surface area contributed by atoms with Crippen LogP contribution in [0, 0.1) is 0 Å². The maximum atomic E-state index is 5.53. The van der Waals surface area contributed by atoms with Crippen molar-refractivity contribution in [2.75, 3.05) is 24.5 Å². The Balaban J connectivity index is 1.94. The number of nitrogens with zero attached hydrogens (tertiary/aromatic N) is 2. The Hall–Kier alpha value is -1.03. The smallest absolute Gasteiger partial charge is 0.297 e. The molecular formula is C12H21N3O. The van der Waals surface area contributed by atoms with Gasteiger partial charge in [-0.2, -0.15) is 4.98 Å². The van der Waals surface area contributed by atoms with Gasteiger partial charge in [0.25, 0.3) is 6.01 Å². The summed E-state index contributed by atoms with van der Waals surface area (Å²) in [6.07, 6.45) is 6.95. The summed E-state index contributed by atoms with van der Waals surface area (Å²) in [4.78, 5) is 6.78. The van der Waals surface area contributed by atoms with Crippen molar-refractivity contribution in [1.29, 1.82) is 0 Å².